The molecule has 1 rings (SSSR count). The van der Waals surface area contributed by atoms with Gasteiger partial charge in [-0.15, -0.1) is 0 Å². The summed E-state index contributed by atoms with van der Waals surface area (Å²) in [5, 5.41) is 0. The van der Waals surface area contributed by atoms with Crippen molar-refractivity contribution in [1.29, 1.82) is 0 Å². The molecular weight excluding hydrogens is 206 g/mol. The van der Waals surface area contributed by atoms with Crippen molar-refractivity contribution in [2.45, 2.75) is 12.5 Å². The van der Waals surface area contributed by atoms with Gasteiger partial charge in [0.1, 0.15) is 11.8 Å². The fourth-order valence-electron chi connectivity index (χ4n) is 1.29. The number of hydrogen-bond donors (Lipinski definition) is 1. The van der Waals surface area contributed by atoms with Gasteiger partial charge >= 0.3 is 5.97 Å². The number of carbonyl (C=O) groups is 1. The van der Waals surface area contributed by atoms with Gasteiger partial charge in [0.2, 0.25) is 0 Å². The molecule has 0 amide bonds. The van der Waals surface area contributed by atoms with E-state index in [4.69, 9.17) is 10.5 Å². The molecule has 1 aromatic carbocycles. The summed E-state index contributed by atoms with van der Waals surface area (Å²) >= 11 is 0. The molecule has 86 valence electrons. The minimum Gasteiger partial charge on any atom is -0.468 e. The van der Waals surface area contributed by atoms with E-state index in [9.17, 15) is 4.79 Å². The molecule has 0 aromatic heterocycles. The largest absolute Gasteiger partial charge is 0.468 e. The van der Waals surface area contributed by atoms with Gasteiger partial charge in [0.15, 0.2) is 0 Å². The zero-order valence-corrected chi connectivity index (χ0v) is 9.18. The van der Waals surface area contributed by atoms with E-state index in [-0.39, 0.29) is 0 Å². The van der Waals surface area contributed by atoms with Crippen molar-refractivity contribution in [3.8, 4) is 5.75 Å². The lowest BCUT2D eigenvalue weighted by Crippen LogP contribution is -2.33. The highest BCUT2D eigenvalue weighted by molar-refractivity contribution is 5.75. The fourth-order valence-corrected chi connectivity index (χ4v) is 1.29. The van der Waals surface area contributed by atoms with Crippen LogP contribution in [0.2, 0.25) is 0 Å². The summed E-state index contributed by atoms with van der Waals surface area (Å²) < 4.78 is 9.62. The molecular formula is C12H15NO3. The van der Waals surface area contributed by atoms with E-state index >= 15 is 0 Å². The van der Waals surface area contributed by atoms with Gasteiger partial charge in [-0.25, -0.2) is 0 Å². The monoisotopic (exact) mass is 221 g/mol. The van der Waals surface area contributed by atoms with E-state index in [2.05, 4.69) is 11.3 Å². The van der Waals surface area contributed by atoms with Crippen LogP contribution < -0.4 is 10.5 Å². The maximum Gasteiger partial charge on any atom is 0.322 e. The van der Waals surface area contributed by atoms with Crippen molar-refractivity contribution in [2.75, 3.05) is 7.11 Å². The Kier molecular flexibility index (Phi) is 4.54. The van der Waals surface area contributed by atoms with Crippen LogP contribution in [0.25, 0.3) is 0 Å². The van der Waals surface area contributed by atoms with Crippen molar-refractivity contribution in [2.24, 2.45) is 5.73 Å². The second kappa shape index (κ2) is 5.92. The molecule has 0 unspecified atom stereocenters. The van der Waals surface area contributed by atoms with Crippen LogP contribution in [-0.2, 0) is 16.0 Å². The summed E-state index contributed by atoms with van der Waals surface area (Å²) in [4.78, 5) is 11.1. The molecule has 16 heavy (non-hydrogen) atoms. The third-order valence-electron chi connectivity index (χ3n) is 2.10. The first-order valence-electron chi connectivity index (χ1n) is 4.87. The molecule has 2 N–H and O–H groups in total. The Bertz CT molecular complexity index is 359. The topological polar surface area (TPSA) is 61.5 Å². The quantitative estimate of drug-likeness (QED) is 0.600. The Labute approximate surface area is 94.7 Å². The Morgan fingerprint density at radius 1 is 1.50 bits per heavy atom. The first-order valence-corrected chi connectivity index (χ1v) is 4.87. The molecule has 4 nitrogen and oxygen atoms in total. The number of ether oxygens (including phenoxy) is 2. The summed E-state index contributed by atoms with van der Waals surface area (Å²) in [5.74, 6) is 0.289. The summed E-state index contributed by atoms with van der Waals surface area (Å²) in [6, 6.07) is 6.65. The number of esters is 1. The number of carbonyl (C=O) groups excluding carboxylic acids is 1. The molecule has 0 aliphatic heterocycles. The van der Waals surface area contributed by atoms with E-state index in [0.29, 0.717) is 12.2 Å². The Morgan fingerprint density at radius 2 is 2.12 bits per heavy atom. The molecule has 1 atom stereocenters. The van der Waals surface area contributed by atoms with Gasteiger partial charge in [-0.2, -0.15) is 0 Å². The Morgan fingerprint density at radius 3 is 2.62 bits per heavy atom. The standard InChI is InChI=1S/C12H15NO3/c1-3-16-10-6-4-9(5-7-10)8-11(13)12(14)15-2/h3-7,11H,1,8,13H2,2H3/t11-/m0/s1. The smallest absolute Gasteiger partial charge is 0.322 e. The highest BCUT2D eigenvalue weighted by atomic mass is 16.5. The lowest BCUT2D eigenvalue weighted by molar-refractivity contribution is -0.142. The first-order chi connectivity index (χ1) is 7.67. The lowest BCUT2D eigenvalue weighted by atomic mass is 10.1. The van der Waals surface area contributed by atoms with Gasteiger partial charge in [0.05, 0.1) is 13.4 Å². The fraction of sp³-hybridized carbons (Fsp3) is 0.250. The first kappa shape index (κ1) is 12.3. The summed E-state index contributed by atoms with van der Waals surface area (Å²) in [5.41, 5.74) is 6.59. The summed E-state index contributed by atoms with van der Waals surface area (Å²) in [6.45, 7) is 3.46. The van der Waals surface area contributed by atoms with Crippen molar-refractivity contribution in [3.63, 3.8) is 0 Å². The van der Waals surface area contributed by atoms with Crippen LogP contribution in [-0.4, -0.2) is 19.1 Å². The predicted octanol–water partition coefficient (Wildman–Crippen LogP) is 1.25. The highest BCUT2D eigenvalue weighted by Crippen LogP contribution is 2.13. The van der Waals surface area contributed by atoms with Gasteiger partial charge in [0.25, 0.3) is 0 Å². The minimum atomic E-state index is -0.629. The molecule has 1 aromatic rings. The molecule has 0 fully saturated rings. The SMILES string of the molecule is C=COc1ccc(C[C@H](N)C(=O)OC)cc1. The van der Waals surface area contributed by atoms with Crippen LogP contribution in [0.15, 0.2) is 37.1 Å². The molecule has 0 aliphatic carbocycles. The highest BCUT2D eigenvalue weighted by Gasteiger charge is 2.13. The van der Waals surface area contributed by atoms with Crippen LogP contribution in [0.5, 0.6) is 5.75 Å². The van der Waals surface area contributed by atoms with Gasteiger partial charge in [-0.05, 0) is 24.1 Å². The lowest BCUT2D eigenvalue weighted by Gasteiger charge is -2.09. The third-order valence-corrected chi connectivity index (χ3v) is 2.10. The number of rotatable bonds is 5. The van der Waals surface area contributed by atoms with Gasteiger partial charge < -0.3 is 15.2 Å². The molecule has 0 radical (unpaired) electrons. The Balaban J connectivity index is 2.61. The van der Waals surface area contributed by atoms with E-state index < -0.39 is 12.0 Å². The van der Waals surface area contributed by atoms with E-state index in [1.807, 2.05) is 12.1 Å². The maximum atomic E-state index is 11.1. The van der Waals surface area contributed by atoms with Crippen LogP contribution >= 0.6 is 0 Å². The summed E-state index contributed by atoms with van der Waals surface area (Å²) in [6.07, 6.45) is 1.80. The van der Waals surface area contributed by atoms with E-state index in [0.717, 1.165) is 5.56 Å². The van der Waals surface area contributed by atoms with Gasteiger partial charge in [-0.3, -0.25) is 4.79 Å². The average molecular weight is 221 g/mol. The number of methoxy groups -OCH3 is 1. The van der Waals surface area contributed by atoms with Crippen molar-refractivity contribution >= 4 is 5.97 Å². The molecule has 0 saturated carbocycles. The summed E-state index contributed by atoms with van der Waals surface area (Å²) in [7, 11) is 1.32. The molecule has 0 heterocycles. The van der Waals surface area contributed by atoms with Crippen LogP contribution in [0, 0.1) is 0 Å². The second-order valence-electron chi connectivity index (χ2n) is 3.26. The van der Waals surface area contributed by atoms with Gasteiger partial charge in [0, 0.05) is 0 Å². The average Bonchev–Trinajstić information content (AvgIpc) is 2.31. The van der Waals surface area contributed by atoms with Crippen molar-refractivity contribution in [1.82, 2.24) is 0 Å². The van der Waals surface area contributed by atoms with Crippen LogP contribution in [0.4, 0.5) is 0 Å². The molecule has 4 heteroatoms. The van der Waals surface area contributed by atoms with Crippen molar-refractivity contribution < 1.29 is 14.3 Å². The molecule has 0 spiro atoms. The predicted molar refractivity (Wildman–Crippen MR) is 61.0 cm³/mol. The Hall–Kier alpha value is -1.81. The zero-order chi connectivity index (χ0) is 12.0. The van der Waals surface area contributed by atoms with E-state index in [1.54, 1.807) is 12.1 Å². The molecule has 0 bridgehead atoms. The van der Waals surface area contributed by atoms with Crippen molar-refractivity contribution in [3.05, 3.63) is 42.7 Å². The second-order valence-corrected chi connectivity index (χ2v) is 3.26. The van der Waals surface area contributed by atoms with Crippen LogP contribution in [0.1, 0.15) is 5.56 Å². The molecule has 0 saturated heterocycles. The maximum absolute atomic E-state index is 11.1. The zero-order valence-electron chi connectivity index (χ0n) is 9.18. The van der Waals surface area contributed by atoms with Crippen LogP contribution in [0.3, 0.4) is 0 Å². The number of hydrogen-bond acceptors (Lipinski definition) is 4. The third kappa shape index (κ3) is 3.40. The minimum absolute atomic E-state index is 0.411. The molecule has 0 aliphatic rings. The number of benzene rings is 1. The van der Waals surface area contributed by atoms with Gasteiger partial charge in [-0.1, -0.05) is 18.7 Å². The van der Waals surface area contributed by atoms with E-state index in [1.165, 1.54) is 13.4 Å². The normalized spacial score (nSPS) is 11.6. The number of nitrogens with two attached hydrogens (primary N) is 1.